The van der Waals surface area contributed by atoms with Crippen LogP contribution in [0.1, 0.15) is 39.0 Å². The molecule has 1 aromatic heterocycles. The molecule has 1 fully saturated rings. The summed E-state index contributed by atoms with van der Waals surface area (Å²) in [6.45, 7) is 3.66. The summed E-state index contributed by atoms with van der Waals surface area (Å²) in [7, 11) is 0. The van der Waals surface area contributed by atoms with Crippen LogP contribution in [0.4, 0.5) is 6.01 Å². The van der Waals surface area contributed by atoms with E-state index in [1.54, 1.807) is 12.1 Å². The van der Waals surface area contributed by atoms with E-state index in [9.17, 15) is 9.90 Å². The number of unbranched alkanes of at least 4 members (excludes halogenated alkanes) is 1. The van der Waals surface area contributed by atoms with E-state index in [1.165, 1.54) is 0 Å². The lowest BCUT2D eigenvalue weighted by Gasteiger charge is -2.33. The van der Waals surface area contributed by atoms with Crippen molar-refractivity contribution < 1.29 is 14.3 Å². The van der Waals surface area contributed by atoms with Gasteiger partial charge in [-0.25, -0.2) is 0 Å². The number of anilines is 1. The van der Waals surface area contributed by atoms with E-state index in [4.69, 9.17) is 16.0 Å². The summed E-state index contributed by atoms with van der Waals surface area (Å²) in [4.78, 5) is 18.2. The molecule has 5 nitrogen and oxygen atoms in total. The number of carbonyl (C=O) groups is 1. The molecular formula is C18H23ClN2O3. The molecule has 6 heteroatoms. The first kappa shape index (κ1) is 17.1. The van der Waals surface area contributed by atoms with Crippen LogP contribution in [0, 0.1) is 11.8 Å². The second-order valence-corrected chi connectivity index (χ2v) is 6.96. The summed E-state index contributed by atoms with van der Waals surface area (Å²) in [6, 6.07) is 6.02. The maximum Gasteiger partial charge on any atom is 0.306 e. The van der Waals surface area contributed by atoms with Gasteiger partial charge in [-0.05, 0) is 37.3 Å². The van der Waals surface area contributed by atoms with E-state index in [1.807, 2.05) is 6.07 Å². The first-order valence-electron chi connectivity index (χ1n) is 8.62. The van der Waals surface area contributed by atoms with Gasteiger partial charge in [0.25, 0.3) is 6.01 Å². The van der Waals surface area contributed by atoms with Gasteiger partial charge in [-0.3, -0.25) is 4.79 Å². The summed E-state index contributed by atoms with van der Waals surface area (Å²) in [6.07, 6.45) is 4.51. The third-order valence-corrected chi connectivity index (χ3v) is 5.14. The van der Waals surface area contributed by atoms with Crippen LogP contribution in [0.5, 0.6) is 0 Å². The maximum absolute atomic E-state index is 11.5. The average Bonchev–Trinajstić information content (AvgIpc) is 2.98. The zero-order valence-corrected chi connectivity index (χ0v) is 14.6. The summed E-state index contributed by atoms with van der Waals surface area (Å²) in [5.74, 6) is -0.642. The lowest BCUT2D eigenvalue weighted by molar-refractivity contribution is -0.144. The van der Waals surface area contributed by atoms with Crippen molar-refractivity contribution in [2.45, 2.75) is 39.0 Å². The Morgan fingerprint density at radius 3 is 2.88 bits per heavy atom. The Balaban J connectivity index is 1.66. The number of piperidine rings is 1. The normalized spacial score (nSPS) is 17.3. The van der Waals surface area contributed by atoms with E-state index in [2.05, 4.69) is 16.8 Å². The molecule has 2 aromatic rings. The van der Waals surface area contributed by atoms with Crippen molar-refractivity contribution >= 4 is 34.7 Å². The van der Waals surface area contributed by atoms with Crippen molar-refractivity contribution in [3.63, 3.8) is 0 Å². The van der Waals surface area contributed by atoms with Crippen LogP contribution >= 0.6 is 11.6 Å². The van der Waals surface area contributed by atoms with Gasteiger partial charge in [0.15, 0.2) is 5.58 Å². The van der Waals surface area contributed by atoms with Gasteiger partial charge in [0.1, 0.15) is 5.52 Å². The van der Waals surface area contributed by atoms with Crippen LogP contribution in [0.15, 0.2) is 22.6 Å². The highest BCUT2D eigenvalue weighted by Gasteiger charge is 2.32. The highest BCUT2D eigenvalue weighted by molar-refractivity contribution is 6.31. The Bertz CT molecular complexity index is 707. The molecule has 0 amide bonds. The molecule has 0 radical (unpaired) electrons. The zero-order chi connectivity index (χ0) is 17.1. The van der Waals surface area contributed by atoms with Gasteiger partial charge in [0, 0.05) is 24.2 Å². The lowest BCUT2D eigenvalue weighted by atomic mass is 9.81. The predicted octanol–water partition coefficient (Wildman–Crippen LogP) is 4.59. The summed E-state index contributed by atoms with van der Waals surface area (Å²) >= 11 is 5.98. The molecular weight excluding hydrogens is 328 g/mol. The van der Waals surface area contributed by atoms with E-state index in [-0.39, 0.29) is 11.8 Å². The molecule has 0 saturated carbocycles. The minimum Gasteiger partial charge on any atom is -0.481 e. The highest BCUT2D eigenvalue weighted by Crippen LogP contribution is 2.32. The van der Waals surface area contributed by atoms with E-state index >= 15 is 0 Å². The number of oxazole rings is 1. The van der Waals surface area contributed by atoms with Crippen molar-refractivity contribution in [2.24, 2.45) is 11.8 Å². The fraction of sp³-hybridized carbons (Fsp3) is 0.556. The number of carboxylic acid groups (broad SMARTS) is 1. The second-order valence-electron chi connectivity index (χ2n) is 6.52. The molecule has 3 rings (SSSR count). The first-order chi connectivity index (χ1) is 11.6. The van der Waals surface area contributed by atoms with Gasteiger partial charge in [-0.1, -0.05) is 31.4 Å². The number of hydrogen-bond donors (Lipinski definition) is 1. The van der Waals surface area contributed by atoms with E-state index in [0.717, 1.165) is 50.7 Å². The second kappa shape index (κ2) is 7.43. The van der Waals surface area contributed by atoms with Crippen LogP contribution in [0.3, 0.4) is 0 Å². The van der Waals surface area contributed by atoms with Crippen molar-refractivity contribution in [1.29, 1.82) is 0 Å². The molecule has 1 saturated heterocycles. The van der Waals surface area contributed by atoms with E-state index in [0.29, 0.717) is 16.6 Å². The monoisotopic (exact) mass is 350 g/mol. The topological polar surface area (TPSA) is 66.6 Å². The Hall–Kier alpha value is -1.75. The zero-order valence-electron chi connectivity index (χ0n) is 13.9. The van der Waals surface area contributed by atoms with Gasteiger partial charge in [0.2, 0.25) is 0 Å². The fourth-order valence-corrected chi connectivity index (χ4v) is 3.66. The van der Waals surface area contributed by atoms with Crippen molar-refractivity contribution in [1.82, 2.24) is 4.98 Å². The van der Waals surface area contributed by atoms with Gasteiger partial charge in [-0.2, -0.15) is 4.98 Å². The number of fused-ring (bicyclic) bond motifs is 1. The number of aliphatic carboxylic acids is 1. The summed E-state index contributed by atoms with van der Waals surface area (Å²) in [5.41, 5.74) is 1.48. The van der Waals surface area contributed by atoms with Gasteiger partial charge < -0.3 is 14.4 Å². The minimum absolute atomic E-state index is 0.227. The van der Waals surface area contributed by atoms with Crippen molar-refractivity contribution in [2.75, 3.05) is 18.0 Å². The molecule has 0 bridgehead atoms. The van der Waals surface area contributed by atoms with Crippen LogP contribution < -0.4 is 4.90 Å². The third-order valence-electron chi connectivity index (χ3n) is 4.90. The predicted molar refractivity (Wildman–Crippen MR) is 94.6 cm³/mol. The number of rotatable bonds is 6. The average molecular weight is 351 g/mol. The molecule has 0 spiro atoms. The summed E-state index contributed by atoms with van der Waals surface area (Å²) < 4.78 is 5.81. The first-order valence-corrected chi connectivity index (χ1v) is 9.00. The number of halogens is 1. The molecule has 0 aliphatic carbocycles. The van der Waals surface area contributed by atoms with Crippen molar-refractivity contribution in [3.8, 4) is 0 Å². The van der Waals surface area contributed by atoms with E-state index < -0.39 is 5.97 Å². The third kappa shape index (κ3) is 3.66. The Morgan fingerprint density at radius 2 is 2.21 bits per heavy atom. The van der Waals surface area contributed by atoms with Crippen LogP contribution in [0.2, 0.25) is 5.02 Å². The Kier molecular flexibility index (Phi) is 5.29. The van der Waals surface area contributed by atoms with Gasteiger partial charge >= 0.3 is 5.97 Å². The number of benzene rings is 1. The number of nitrogens with zero attached hydrogens (tertiary/aromatic N) is 2. The Morgan fingerprint density at radius 1 is 1.46 bits per heavy atom. The lowest BCUT2D eigenvalue weighted by Crippen LogP contribution is -2.38. The number of aromatic nitrogens is 1. The molecule has 1 atom stereocenters. The highest BCUT2D eigenvalue weighted by atomic mass is 35.5. The molecule has 1 aliphatic rings. The Labute approximate surface area is 146 Å². The largest absolute Gasteiger partial charge is 0.481 e. The molecule has 130 valence electrons. The van der Waals surface area contributed by atoms with Crippen LogP contribution in [-0.2, 0) is 4.79 Å². The molecule has 1 aromatic carbocycles. The molecule has 24 heavy (non-hydrogen) atoms. The van der Waals surface area contributed by atoms with Gasteiger partial charge in [0.05, 0.1) is 5.92 Å². The quantitative estimate of drug-likeness (QED) is 0.825. The maximum atomic E-state index is 11.5. The SMILES string of the molecule is CCCCC(C(=O)O)C1CCN(c2nc3ccc(Cl)cc3o2)CC1. The molecule has 1 N–H and O–H groups in total. The smallest absolute Gasteiger partial charge is 0.306 e. The number of hydrogen-bond acceptors (Lipinski definition) is 4. The van der Waals surface area contributed by atoms with Crippen LogP contribution in [-0.4, -0.2) is 29.1 Å². The van der Waals surface area contributed by atoms with Crippen LogP contribution in [0.25, 0.3) is 11.1 Å². The van der Waals surface area contributed by atoms with Gasteiger partial charge in [-0.15, -0.1) is 0 Å². The minimum atomic E-state index is -0.654. The molecule has 1 unspecified atom stereocenters. The summed E-state index contributed by atoms with van der Waals surface area (Å²) in [5, 5.41) is 10.1. The number of carboxylic acids is 1. The standard InChI is InChI=1S/C18H23ClN2O3/c1-2-3-4-14(17(22)23)12-7-9-21(10-8-12)18-20-15-6-5-13(19)11-16(15)24-18/h5-6,11-12,14H,2-4,7-10H2,1H3,(H,22,23). The van der Waals surface area contributed by atoms with Crippen molar-refractivity contribution in [3.05, 3.63) is 23.2 Å². The fourth-order valence-electron chi connectivity index (χ4n) is 3.50. The molecule has 1 aliphatic heterocycles. The molecule has 2 heterocycles.